The highest BCUT2D eigenvalue weighted by atomic mass is 19.1. The van der Waals surface area contributed by atoms with Crippen molar-refractivity contribution in [3.05, 3.63) is 107 Å². The van der Waals surface area contributed by atoms with Gasteiger partial charge in [0.05, 0.1) is 11.6 Å². The Balaban J connectivity index is 1.84. The van der Waals surface area contributed by atoms with Gasteiger partial charge in [0.1, 0.15) is 11.6 Å². The molecule has 162 valence electrons. The fourth-order valence-electron chi connectivity index (χ4n) is 3.89. The molecule has 1 aliphatic rings. The van der Waals surface area contributed by atoms with Crippen LogP contribution in [0.1, 0.15) is 22.7 Å². The second-order valence-corrected chi connectivity index (χ2v) is 7.91. The number of carbonyl (C=O) groups is 2. The molecule has 1 atom stereocenters. The van der Waals surface area contributed by atoms with Crippen LogP contribution in [0.25, 0.3) is 5.76 Å². The predicted octanol–water partition coefficient (Wildman–Crippen LogP) is 4.51. The van der Waals surface area contributed by atoms with Crippen LogP contribution in [0.3, 0.4) is 0 Å². The lowest BCUT2D eigenvalue weighted by molar-refractivity contribution is -0.140. The topological polar surface area (TPSA) is 60.9 Å². The molecule has 1 unspecified atom stereocenters. The molecule has 1 heterocycles. The fraction of sp³-hybridized carbons (Fsp3) is 0.154. The van der Waals surface area contributed by atoms with Gasteiger partial charge in [-0.1, -0.05) is 42.5 Å². The van der Waals surface area contributed by atoms with E-state index in [9.17, 15) is 19.1 Å². The van der Waals surface area contributed by atoms with Crippen LogP contribution in [0.2, 0.25) is 0 Å². The lowest BCUT2D eigenvalue weighted by Crippen LogP contribution is -2.29. The summed E-state index contributed by atoms with van der Waals surface area (Å²) in [6.45, 7) is 0.214. The molecule has 0 radical (unpaired) electrons. The van der Waals surface area contributed by atoms with Crippen molar-refractivity contribution in [2.45, 2.75) is 12.6 Å². The molecule has 6 heteroatoms. The van der Waals surface area contributed by atoms with Gasteiger partial charge < -0.3 is 14.9 Å². The SMILES string of the molecule is CN(C)c1ccc(C2/C(=C(\O)c3ccc(F)cc3)C(=O)C(=O)N2Cc2ccccc2)cc1. The lowest BCUT2D eigenvalue weighted by atomic mass is 9.95. The second kappa shape index (κ2) is 8.67. The quantitative estimate of drug-likeness (QED) is 0.368. The van der Waals surface area contributed by atoms with E-state index in [1.54, 1.807) is 0 Å². The van der Waals surface area contributed by atoms with Gasteiger partial charge in [0.2, 0.25) is 0 Å². The molecule has 0 saturated carbocycles. The van der Waals surface area contributed by atoms with E-state index < -0.39 is 23.5 Å². The van der Waals surface area contributed by atoms with E-state index >= 15 is 0 Å². The molecule has 1 saturated heterocycles. The lowest BCUT2D eigenvalue weighted by Gasteiger charge is -2.26. The Morgan fingerprint density at radius 2 is 1.56 bits per heavy atom. The predicted molar refractivity (Wildman–Crippen MR) is 121 cm³/mol. The van der Waals surface area contributed by atoms with Crippen LogP contribution in [0.15, 0.2) is 84.4 Å². The van der Waals surface area contributed by atoms with Gasteiger partial charge in [0, 0.05) is 31.9 Å². The van der Waals surface area contributed by atoms with Gasteiger partial charge in [-0.3, -0.25) is 9.59 Å². The van der Waals surface area contributed by atoms with Crippen molar-refractivity contribution in [1.82, 2.24) is 4.90 Å². The number of aliphatic hydroxyl groups is 1. The van der Waals surface area contributed by atoms with Crippen LogP contribution in [0, 0.1) is 5.82 Å². The third-order valence-electron chi connectivity index (χ3n) is 5.58. The van der Waals surface area contributed by atoms with Crippen LogP contribution < -0.4 is 4.90 Å². The summed E-state index contributed by atoms with van der Waals surface area (Å²) in [4.78, 5) is 29.5. The largest absolute Gasteiger partial charge is 0.507 e. The van der Waals surface area contributed by atoms with Crippen molar-refractivity contribution in [3.8, 4) is 0 Å². The van der Waals surface area contributed by atoms with Crippen molar-refractivity contribution in [2.24, 2.45) is 0 Å². The molecule has 32 heavy (non-hydrogen) atoms. The number of carbonyl (C=O) groups excluding carboxylic acids is 2. The minimum atomic E-state index is -0.767. The zero-order valence-corrected chi connectivity index (χ0v) is 17.8. The second-order valence-electron chi connectivity index (χ2n) is 7.91. The van der Waals surface area contributed by atoms with Gasteiger partial charge in [-0.25, -0.2) is 4.39 Å². The Morgan fingerprint density at radius 3 is 2.16 bits per heavy atom. The number of benzene rings is 3. The summed E-state index contributed by atoms with van der Waals surface area (Å²) in [5, 5.41) is 11.0. The highest BCUT2D eigenvalue weighted by molar-refractivity contribution is 6.46. The number of halogens is 1. The smallest absolute Gasteiger partial charge is 0.295 e. The molecule has 1 aliphatic heterocycles. The molecule has 0 spiro atoms. The zero-order valence-electron chi connectivity index (χ0n) is 17.8. The number of hydrogen-bond donors (Lipinski definition) is 1. The summed E-state index contributed by atoms with van der Waals surface area (Å²) in [6.07, 6.45) is 0. The Hall–Kier alpha value is -3.93. The maximum atomic E-state index is 13.4. The van der Waals surface area contributed by atoms with Crippen LogP contribution in [-0.2, 0) is 16.1 Å². The van der Waals surface area contributed by atoms with E-state index in [4.69, 9.17) is 0 Å². The molecular formula is C26H23FN2O3. The van der Waals surface area contributed by atoms with E-state index in [2.05, 4.69) is 0 Å². The monoisotopic (exact) mass is 430 g/mol. The normalized spacial score (nSPS) is 17.6. The fourth-order valence-corrected chi connectivity index (χ4v) is 3.89. The maximum Gasteiger partial charge on any atom is 0.295 e. The molecule has 1 fully saturated rings. The summed E-state index contributed by atoms with van der Waals surface area (Å²) >= 11 is 0. The van der Waals surface area contributed by atoms with Crippen molar-refractivity contribution in [1.29, 1.82) is 0 Å². The van der Waals surface area contributed by atoms with Crippen molar-refractivity contribution < 1.29 is 19.1 Å². The standard InChI is InChI=1S/C26H23FN2O3/c1-28(2)21-14-10-18(11-15-21)23-22(24(30)19-8-12-20(27)13-9-19)25(31)26(32)29(23)16-17-6-4-3-5-7-17/h3-15,23,30H,16H2,1-2H3/b24-22+. The number of anilines is 1. The number of Topliss-reactive ketones (excluding diaryl/α,β-unsaturated/α-hetero) is 1. The van der Waals surface area contributed by atoms with Crippen LogP contribution in [-0.4, -0.2) is 35.8 Å². The Morgan fingerprint density at radius 1 is 0.938 bits per heavy atom. The molecule has 0 aliphatic carbocycles. The van der Waals surface area contributed by atoms with Crippen LogP contribution >= 0.6 is 0 Å². The van der Waals surface area contributed by atoms with Crippen LogP contribution in [0.4, 0.5) is 10.1 Å². The molecule has 1 N–H and O–H groups in total. The highest BCUT2D eigenvalue weighted by Crippen LogP contribution is 2.40. The van der Waals surface area contributed by atoms with Gasteiger partial charge in [-0.05, 0) is 47.5 Å². The van der Waals surface area contributed by atoms with E-state index in [1.165, 1.54) is 29.2 Å². The van der Waals surface area contributed by atoms with Crippen LogP contribution in [0.5, 0.6) is 0 Å². The minimum Gasteiger partial charge on any atom is -0.507 e. The molecule has 3 aromatic rings. The number of nitrogens with zero attached hydrogens (tertiary/aromatic N) is 2. The number of ketones is 1. The first-order chi connectivity index (χ1) is 15.4. The van der Waals surface area contributed by atoms with Gasteiger partial charge in [-0.15, -0.1) is 0 Å². The Kier molecular flexibility index (Phi) is 5.77. The number of amides is 1. The number of likely N-dealkylation sites (tertiary alicyclic amines) is 1. The van der Waals surface area contributed by atoms with E-state index in [-0.39, 0.29) is 23.4 Å². The first kappa shape index (κ1) is 21.3. The molecule has 4 rings (SSSR count). The average Bonchev–Trinajstić information content (AvgIpc) is 3.05. The Bertz CT molecular complexity index is 1170. The summed E-state index contributed by atoms with van der Waals surface area (Å²) < 4.78 is 13.4. The Labute approximate surface area is 186 Å². The molecule has 0 aromatic heterocycles. The zero-order chi connectivity index (χ0) is 22.8. The summed E-state index contributed by atoms with van der Waals surface area (Å²) in [6, 6.07) is 21.3. The first-order valence-electron chi connectivity index (χ1n) is 10.2. The number of aliphatic hydroxyl groups excluding tert-OH is 1. The number of rotatable bonds is 5. The molecular weight excluding hydrogens is 407 g/mol. The van der Waals surface area contributed by atoms with E-state index in [1.807, 2.05) is 73.6 Å². The first-order valence-corrected chi connectivity index (χ1v) is 10.2. The van der Waals surface area contributed by atoms with Crippen molar-refractivity contribution in [2.75, 3.05) is 19.0 Å². The minimum absolute atomic E-state index is 0.00450. The molecule has 3 aromatic carbocycles. The summed E-state index contributed by atoms with van der Waals surface area (Å²) in [5.74, 6) is -2.22. The third-order valence-corrected chi connectivity index (χ3v) is 5.58. The van der Waals surface area contributed by atoms with Gasteiger partial charge in [-0.2, -0.15) is 0 Å². The van der Waals surface area contributed by atoms with Gasteiger partial charge in [0.25, 0.3) is 11.7 Å². The average molecular weight is 430 g/mol. The van der Waals surface area contributed by atoms with Gasteiger partial charge >= 0.3 is 0 Å². The molecule has 1 amide bonds. The molecule has 0 bridgehead atoms. The number of hydrogen-bond acceptors (Lipinski definition) is 4. The highest BCUT2D eigenvalue weighted by Gasteiger charge is 2.46. The third kappa shape index (κ3) is 3.99. The summed E-state index contributed by atoms with van der Waals surface area (Å²) in [5.41, 5.74) is 2.81. The summed E-state index contributed by atoms with van der Waals surface area (Å²) in [7, 11) is 3.84. The van der Waals surface area contributed by atoms with Crippen molar-refractivity contribution >= 4 is 23.1 Å². The van der Waals surface area contributed by atoms with Crippen molar-refractivity contribution in [3.63, 3.8) is 0 Å². The van der Waals surface area contributed by atoms with E-state index in [0.717, 1.165) is 11.3 Å². The van der Waals surface area contributed by atoms with E-state index in [0.29, 0.717) is 5.56 Å². The van der Waals surface area contributed by atoms with Gasteiger partial charge in [0.15, 0.2) is 0 Å². The maximum absolute atomic E-state index is 13.4. The molecule has 5 nitrogen and oxygen atoms in total.